The molecule has 1 atom stereocenters. The number of rotatable bonds is 4. The van der Waals surface area contributed by atoms with Crippen LogP contribution in [0.3, 0.4) is 0 Å². The third-order valence-electron chi connectivity index (χ3n) is 4.77. The summed E-state index contributed by atoms with van der Waals surface area (Å²) in [5, 5.41) is 6.99. The Morgan fingerprint density at radius 1 is 1.29 bits per heavy atom. The maximum atomic E-state index is 12.4. The molecule has 3 saturated heterocycles. The standard InChI is InChI=1S/C17H18ClN3O3/c18-15-9-16(20-24-15)23-13-3-1-12(2-4-13)17(22)19-14-10-21-7-5-11(14)6-8-21/h1-4,9,11,14H,5-8,10H2,(H,19,22). The molecule has 4 heterocycles. The number of aromatic nitrogens is 1. The highest BCUT2D eigenvalue weighted by atomic mass is 35.5. The van der Waals surface area contributed by atoms with E-state index in [0.29, 0.717) is 17.2 Å². The van der Waals surface area contributed by atoms with Crippen LogP contribution in [0.4, 0.5) is 0 Å². The van der Waals surface area contributed by atoms with Crippen LogP contribution in [-0.4, -0.2) is 41.6 Å². The largest absolute Gasteiger partial charge is 0.436 e. The van der Waals surface area contributed by atoms with Gasteiger partial charge in [-0.1, -0.05) is 0 Å². The van der Waals surface area contributed by atoms with E-state index in [-0.39, 0.29) is 23.0 Å². The van der Waals surface area contributed by atoms with E-state index in [9.17, 15) is 4.79 Å². The van der Waals surface area contributed by atoms with Crippen molar-refractivity contribution in [2.45, 2.75) is 18.9 Å². The Morgan fingerprint density at radius 3 is 2.62 bits per heavy atom. The van der Waals surface area contributed by atoms with Crippen molar-refractivity contribution < 1.29 is 14.1 Å². The van der Waals surface area contributed by atoms with Crippen LogP contribution in [0.2, 0.25) is 5.22 Å². The summed E-state index contributed by atoms with van der Waals surface area (Å²) in [4.78, 5) is 14.9. The van der Waals surface area contributed by atoms with Crippen molar-refractivity contribution >= 4 is 17.5 Å². The number of hydrogen-bond donors (Lipinski definition) is 1. The number of amides is 1. The Labute approximate surface area is 144 Å². The van der Waals surface area contributed by atoms with Gasteiger partial charge in [0.2, 0.25) is 5.22 Å². The predicted octanol–water partition coefficient (Wildman–Crippen LogP) is 2.94. The molecule has 1 unspecified atom stereocenters. The van der Waals surface area contributed by atoms with Gasteiger partial charge in [0.25, 0.3) is 11.8 Å². The van der Waals surface area contributed by atoms with E-state index in [2.05, 4.69) is 15.4 Å². The summed E-state index contributed by atoms with van der Waals surface area (Å²) in [6.45, 7) is 3.29. The molecule has 1 aromatic carbocycles. The van der Waals surface area contributed by atoms with Gasteiger partial charge >= 0.3 is 0 Å². The molecule has 5 rings (SSSR count). The van der Waals surface area contributed by atoms with Gasteiger partial charge in [-0.2, -0.15) is 0 Å². The number of hydrogen-bond acceptors (Lipinski definition) is 5. The normalized spacial score (nSPS) is 25.5. The van der Waals surface area contributed by atoms with Crippen molar-refractivity contribution in [3.05, 3.63) is 41.1 Å². The first-order chi connectivity index (χ1) is 11.7. The van der Waals surface area contributed by atoms with Gasteiger partial charge in [-0.3, -0.25) is 4.79 Å². The van der Waals surface area contributed by atoms with Crippen LogP contribution in [0.5, 0.6) is 11.6 Å². The third kappa shape index (κ3) is 3.25. The van der Waals surface area contributed by atoms with Gasteiger partial charge in [-0.05, 0) is 72.9 Å². The molecule has 24 heavy (non-hydrogen) atoms. The van der Waals surface area contributed by atoms with Crippen molar-refractivity contribution in [1.82, 2.24) is 15.4 Å². The molecule has 1 N–H and O–H groups in total. The van der Waals surface area contributed by atoms with Crippen LogP contribution in [0, 0.1) is 5.92 Å². The zero-order valence-electron chi connectivity index (χ0n) is 13.1. The molecule has 3 aliphatic rings. The van der Waals surface area contributed by atoms with Crippen molar-refractivity contribution in [2.24, 2.45) is 5.92 Å². The van der Waals surface area contributed by atoms with E-state index in [1.165, 1.54) is 18.9 Å². The summed E-state index contributed by atoms with van der Waals surface area (Å²) in [6.07, 6.45) is 2.36. The number of benzene rings is 1. The van der Waals surface area contributed by atoms with Crippen molar-refractivity contribution in [1.29, 1.82) is 0 Å². The average molecular weight is 348 g/mol. The highest BCUT2D eigenvalue weighted by molar-refractivity contribution is 6.28. The number of halogens is 1. The predicted molar refractivity (Wildman–Crippen MR) is 88.4 cm³/mol. The fourth-order valence-corrected chi connectivity index (χ4v) is 3.59. The molecule has 2 aromatic rings. The molecule has 0 saturated carbocycles. The second-order valence-electron chi connectivity index (χ2n) is 6.31. The molecule has 1 amide bonds. The smallest absolute Gasteiger partial charge is 0.261 e. The molecule has 7 heteroatoms. The third-order valence-corrected chi connectivity index (χ3v) is 4.95. The number of piperidine rings is 3. The molecule has 126 valence electrons. The minimum atomic E-state index is -0.0372. The maximum Gasteiger partial charge on any atom is 0.261 e. The van der Waals surface area contributed by atoms with Crippen LogP contribution < -0.4 is 10.1 Å². The second-order valence-corrected chi connectivity index (χ2v) is 6.69. The SMILES string of the molecule is O=C(NC1CN2CCC1CC2)c1ccc(Oc2cc(Cl)on2)cc1. The summed E-state index contributed by atoms with van der Waals surface area (Å²) in [5.74, 6) is 1.42. The van der Waals surface area contributed by atoms with E-state index >= 15 is 0 Å². The summed E-state index contributed by atoms with van der Waals surface area (Å²) in [6, 6.07) is 8.69. The lowest BCUT2D eigenvalue weighted by Gasteiger charge is -2.44. The number of nitrogens with zero attached hydrogens (tertiary/aromatic N) is 2. The molecule has 1 aromatic heterocycles. The fraction of sp³-hybridized carbons (Fsp3) is 0.412. The molecule has 0 spiro atoms. The van der Waals surface area contributed by atoms with Crippen molar-refractivity contribution in [2.75, 3.05) is 19.6 Å². The number of ether oxygens (including phenoxy) is 1. The van der Waals surface area contributed by atoms with E-state index < -0.39 is 0 Å². The van der Waals surface area contributed by atoms with Gasteiger partial charge in [0, 0.05) is 18.2 Å². The average Bonchev–Trinajstić information content (AvgIpc) is 3.01. The zero-order valence-corrected chi connectivity index (χ0v) is 13.8. The van der Waals surface area contributed by atoms with Crippen molar-refractivity contribution in [3.8, 4) is 11.6 Å². The maximum absolute atomic E-state index is 12.4. The molecule has 0 aliphatic carbocycles. The van der Waals surface area contributed by atoms with Gasteiger partial charge in [-0.25, -0.2) is 0 Å². The minimum Gasteiger partial charge on any atom is -0.436 e. The van der Waals surface area contributed by atoms with Gasteiger partial charge in [0.1, 0.15) is 5.75 Å². The van der Waals surface area contributed by atoms with Gasteiger partial charge in [0.05, 0.1) is 6.07 Å². The lowest BCUT2D eigenvalue weighted by molar-refractivity contribution is 0.0620. The second kappa shape index (κ2) is 6.45. The quantitative estimate of drug-likeness (QED) is 0.921. The minimum absolute atomic E-state index is 0.0372. The molecule has 6 nitrogen and oxygen atoms in total. The number of carbonyl (C=O) groups excluding carboxylic acids is 1. The monoisotopic (exact) mass is 347 g/mol. The number of nitrogens with one attached hydrogen (secondary N) is 1. The Hall–Kier alpha value is -2.05. The molecule has 3 fully saturated rings. The van der Waals surface area contributed by atoms with E-state index in [1.807, 2.05) is 0 Å². The van der Waals surface area contributed by atoms with E-state index in [4.69, 9.17) is 20.9 Å². The van der Waals surface area contributed by atoms with Gasteiger partial charge in [-0.15, -0.1) is 0 Å². The highest BCUT2D eigenvalue weighted by Gasteiger charge is 2.34. The van der Waals surface area contributed by atoms with Gasteiger partial charge in [0.15, 0.2) is 0 Å². The van der Waals surface area contributed by atoms with E-state index in [1.54, 1.807) is 24.3 Å². The Bertz CT molecular complexity index is 723. The number of carbonyl (C=O) groups is 1. The fourth-order valence-electron chi connectivity index (χ4n) is 3.46. The lowest BCUT2D eigenvalue weighted by atomic mass is 9.84. The first kappa shape index (κ1) is 15.5. The van der Waals surface area contributed by atoms with Crippen LogP contribution in [0.25, 0.3) is 0 Å². The first-order valence-corrected chi connectivity index (χ1v) is 8.48. The van der Waals surface area contributed by atoms with Gasteiger partial charge < -0.3 is 19.5 Å². The summed E-state index contributed by atoms with van der Waals surface area (Å²) in [5.41, 5.74) is 0.622. The van der Waals surface area contributed by atoms with Crippen LogP contribution >= 0.6 is 11.6 Å². The van der Waals surface area contributed by atoms with Crippen molar-refractivity contribution in [3.63, 3.8) is 0 Å². The lowest BCUT2D eigenvalue weighted by Crippen LogP contribution is -2.57. The Morgan fingerprint density at radius 2 is 2.04 bits per heavy atom. The topological polar surface area (TPSA) is 67.6 Å². The summed E-state index contributed by atoms with van der Waals surface area (Å²) >= 11 is 5.65. The molecule has 0 radical (unpaired) electrons. The Balaban J connectivity index is 1.38. The molecular weight excluding hydrogens is 330 g/mol. The number of fused-ring (bicyclic) bond motifs is 3. The molecule has 2 bridgehead atoms. The molecule has 3 aliphatic heterocycles. The Kier molecular flexibility index (Phi) is 4.16. The van der Waals surface area contributed by atoms with Crippen LogP contribution in [0.1, 0.15) is 23.2 Å². The zero-order chi connectivity index (χ0) is 16.5. The summed E-state index contributed by atoms with van der Waals surface area (Å²) in [7, 11) is 0. The highest BCUT2D eigenvalue weighted by Crippen LogP contribution is 2.28. The van der Waals surface area contributed by atoms with Crippen LogP contribution in [-0.2, 0) is 0 Å². The first-order valence-electron chi connectivity index (χ1n) is 8.11. The van der Waals surface area contributed by atoms with Crippen LogP contribution in [0.15, 0.2) is 34.9 Å². The van der Waals surface area contributed by atoms with E-state index in [0.717, 1.165) is 19.6 Å². The molecular formula is C17H18ClN3O3. The summed E-state index contributed by atoms with van der Waals surface area (Å²) < 4.78 is 10.2.